The van der Waals surface area contributed by atoms with Crippen LogP contribution in [-0.2, 0) is 17.8 Å². The molecule has 160 valence electrons. The van der Waals surface area contributed by atoms with Gasteiger partial charge < -0.3 is 10.5 Å². The number of ether oxygens (including phenoxy) is 1. The smallest absolute Gasteiger partial charge is 0.226 e. The lowest BCUT2D eigenvalue weighted by atomic mass is 9.69. The molecule has 1 fully saturated rings. The molecule has 0 saturated heterocycles. The number of nitrogens with zero attached hydrogens (tertiary/aromatic N) is 1. The summed E-state index contributed by atoms with van der Waals surface area (Å²) in [6, 6.07) is 22.5. The zero-order chi connectivity index (χ0) is 21.6. The molecule has 3 aromatic rings. The van der Waals surface area contributed by atoms with Gasteiger partial charge in [-0.15, -0.1) is 0 Å². The van der Waals surface area contributed by atoms with E-state index >= 15 is 0 Å². The Morgan fingerprint density at radius 3 is 2.52 bits per heavy atom. The van der Waals surface area contributed by atoms with Crippen molar-refractivity contribution < 1.29 is 9.53 Å². The quantitative estimate of drug-likeness (QED) is 0.442. The second-order valence-electron chi connectivity index (χ2n) is 8.24. The minimum absolute atomic E-state index is 0.0522. The summed E-state index contributed by atoms with van der Waals surface area (Å²) in [7, 11) is 1.67. The third-order valence-electron chi connectivity index (χ3n) is 6.25. The van der Waals surface area contributed by atoms with E-state index in [-0.39, 0.29) is 11.9 Å². The molecular formula is C26H29N3O2. The predicted octanol–water partition coefficient (Wildman–Crippen LogP) is 4.44. The fourth-order valence-electron chi connectivity index (χ4n) is 4.31. The molecule has 1 amide bonds. The van der Waals surface area contributed by atoms with Crippen LogP contribution in [0.2, 0.25) is 0 Å². The number of rotatable bonds is 7. The number of benzene rings is 3. The van der Waals surface area contributed by atoms with E-state index in [0.29, 0.717) is 24.8 Å². The zero-order valence-corrected chi connectivity index (χ0v) is 17.9. The maximum absolute atomic E-state index is 12.5. The fraction of sp³-hybridized carbons (Fsp3) is 0.308. The van der Waals surface area contributed by atoms with Crippen LogP contribution < -0.4 is 15.8 Å². The van der Waals surface area contributed by atoms with Crippen LogP contribution >= 0.6 is 0 Å². The molecule has 0 aliphatic heterocycles. The minimum atomic E-state index is -0.0522. The standard InChI is InChI=1S/C26H29N3O2/c1-31-23-13-9-18(10-14-23)15-20-11-12-21(20)16-25(30)29-26(27)28-17-22-7-4-6-19-5-2-3-8-24(19)22/h2-10,13-14,20-21H,11-12,15-17H2,1H3,(H3,27,28,29,30). The van der Waals surface area contributed by atoms with Crippen molar-refractivity contribution in [2.75, 3.05) is 7.11 Å². The lowest BCUT2D eigenvalue weighted by Crippen LogP contribution is -2.40. The van der Waals surface area contributed by atoms with E-state index in [1.165, 1.54) is 10.9 Å². The third kappa shape index (κ3) is 5.23. The van der Waals surface area contributed by atoms with Gasteiger partial charge in [0.25, 0.3) is 0 Å². The highest BCUT2D eigenvalue weighted by Crippen LogP contribution is 2.39. The average Bonchev–Trinajstić information content (AvgIpc) is 2.79. The number of aliphatic imine (C=N–C) groups is 1. The van der Waals surface area contributed by atoms with Crippen LogP contribution in [0, 0.1) is 11.8 Å². The van der Waals surface area contributed by atoms with Crippen LogP contribution in [0.25, 0.3) is 10.8 Å². The molecule has 0 bridgehead atoms. The first kappa shape index (κ1) is 20.9. The van der Waals surface area contributed by atoms with Crippen molar-refractivity contribution in [2.24, 2.45) is 22.6 Å². The Morgan fingerprint density at radius 2 is 1.77 bits per heavy atom. The number of methoxy groups -OCH3 is 1. The minimum Gasteiger partial charge on any atom is -0.497 e. The lowest BCUT2D eigenvalue weighted by Gasteiger charge is -2.36. The number of carbonyl (C=O) groups is 1. The van der Waals surface area contributed by atoms with E-state index < -0.39 is 0 Å². The van der Waals surface area contributed by atoms with Gasteiger partial charge in [0.15, 0.2) is 5.96 Å². The van der Waals surface area contributed by atoms with Gasteiger partial charge in [0.1, 0.15) is 5.75 Å². The molecule has 1 saturated carbocycles. The molecule has 0 spiro atoms. The Morgan fingerprint density at radius 1 is 1.03 bits per heavy atom. The number of guanidine groups is 1. The van der Waals surface area contributed by atoms with Crippen molar-refractivity contribution in [3.8, 4) is 5.75 Å². The van der Waals surface area contributed by atoms with E-state index in [0.717, 1.165) is 36.0 Å². The van der Waals surface area contributed by atoms with E-state index in [1.54, 1.807) is 7.11 Å². The summed E-state index contributed by atoms with van der Waals surface area (Å²) in [5.74, 6) is 1.93. The zero-order valence-electron chi connectivity index (χ0n) is 17.9. The monoisotopic (exact) mass is 415 g/mol. The Hall–Kier alpha value is -3.34. The van der Waals surface area contributed by atoms with Crippen molar-refractivity contribution in [1.29, 1.82) is 0 Å². The molecular weight excluding hydrogens is 386 g/mol. The second-order valence-corrected chi connectivity index (χ2v) is 8.24. The molecule has 2 unspecified atom stereocenters. The van der Waals surface area contributed by atoms with Crippen molar-refractivity contribution >= 4 is 22.6 Å². The van der Waals surface area contributed by atoms with Crippen LogP contribution in [0.4, 0.5) is 0 Å². The number of nitrogens with one attached hydrogen (secondary N) is 1. The first-order chi connectivity index (χ1) is 15.1. The van der Waals surface area contributed by atoms with Gasteiger partial charge in [-0.3, -0.25) is 10.1 Å². The van der Waals surface area contributed by atoms with Crippen molar-refractivity contribution in [3.05, 3.63) is 77.9 Å². The molecule has 3 N–H and O–H groups in total. The van der Waals surface area contributed by atoms with Gasteiger partial charge in [0.05, 0.1) is 13.7 Å². The molecule has 4 rings (SSSR count). The van der Waals surface area contributed by atoms with E-state index in [1.807, 2.05) is 36.4 Å². The Kier molecular flexibility index (Phi) is 6.51. The predicted molar refractivity (Wildman–Crippen MR) is 125 cm³/mol. The van der Waals surface area contributed by atoms with Gasteiger partial charge in [0.2, 0.25) is 5.91 Å². The normalized spacial score (nSPS) is 18.4. The Balaban J connectivity index is 1.28. The Labute approximate surface area is 183 Å². The van der Waals surface area contributed by atoms with Gasteiger partial charge >= 0.3 is 0 Å². The largest absolute Gasteiger partial charge is 0.497 e. The summed E-state index contributed by atoms with van der Waals surface area (Å²) >= 11 is 0. The van der Waals surface area contributed by atoms with Gasteiger partial charge in [-0.05, 0) is 65.1 Å². The maximum Gasteiger partial charge on any atom is 0.226 e. The summed E-state index contributed by atoms with van der Waals surface area (Å²) in [5.41, 5.74) is 8.37. The van der Waals surface area contributed by atoms with Crippen molar-refractivity contribution in [1.82, 2.24) is 5.32 Å². The summed E-state index contributed by atoms with van der Waals surface area (Å²) in [4.78, 5) is 16.9. The Bertz CT molecular complexity index is 1070. The van der Waals surface area contributed by atoms with Crippen LogP contribution in [0.1, 0.15) is 30.4 Å². The maximum atomic E-state index is 12.5. The number of carbonyl (C=O) groups excluding carboxylic acids is 1. The number of nitrogens with two attached hydrogens (primary N) is 1. The van der Waals surface area contributed by atoms with E-state index in [2.05, 4.69) is 40.6 Å². The first-order valence-electron chi connectivity index (χ1n) is 10.8. The number of fused-ring (bicyclic) bond motifs is 1. The van der Waals surface area contributed by atoms with Crippen LogP contribution in [0.5, 0.6) is 5.75 Å². The summed E-state index contributed by atoms with van der Waals surface area (Å²) in [6.07, 6.45) is 3.73. The topological polar surface area (TPSA) is 76.7 Å². The number of hydrogen-bond acceptors (Lipinski definition) is 3. The molecule has 3 aromatic carbocycles. The number of hydrogen-bond donors (Lipinski definition) is 2. The van der Waals surface area contributed by atoms with Gasteiger partial charge in [-0.25, -0.2) is 4.99 Å². The molecule has 1 aliphatic carbocycles. The molecule has 0 heterocycles. The van der Waals surface area contributed by atoms with Crippen LogP contribution in [-0.4, -0.2) is 19.0 Å². The molecule has 31 heavy (non-hydrogen) atoms. The molecule has 1 aliphatic rings. The van der Waals surface area contributed by atoms with E-state index in [4.69, 9.17) is 10.5 Å². The van der Waals surface area contributed by atoms with Gasteiger partial charge in [0, 0.05) is 6.42 Å². The highest BCUT2D eigenvalue weighted by molar-refractivity contribution is 5.96. The highest BCUT2D eigenvalue weighted by Gasteiger charge is 2.32. The molecule has 0 radical (unpaired) electrons. The van der Waals surface area contributed by atoms with E-state index in [9.17, 15) is 4.79 Å². The number of amides is 1. The van der Waals surface area contributed by atoms with Crippen molar-refractivity contribution in [2.45, 2.75) is 32.2 Å². The molecule has 5 nitrogen and oxygen atoms in total. The third-order valence-corrected chi connectivity index (χ3v) is 6.25. The molecule has 0 aromatic heterocycles. The van der Waals surface area contributed by atoms with Crippen molar-refractivity contribution in [3.63, 3.8) is 0 Å². The first-order valence-corrected chi connectivity index (χ1v) is 10.8. The summed E-state index contributed by atoms with van der Waals surface area (Å²) < 4.78 is 5.22. The SMILES string of the molecule is COc1ccc(CC2CCC2CC(=O)NC(N)=NCc2cccc3ccccc23)cc1. The van der Waals surface area contributed by atoms with Gasteiger partial charge in [-0.2, -0.15) is 0 Å². The fourth-order valence-corrected chi connectivity index (χ4v) is 4.31. The lowest BCUT2D eigenvalue weighted by molar-refractivity contribution is -0.121. The highest BCUT2D eigenvalue weighted by atomic mass is 16.5. The van der Waals surface area contributed by atoms with Gasteiger partial charge in [-0.1, -0.05) is 54.6 Å². The second kappa shape index (κ2) is 9.65. The van der Waals surface area contributed by atoms with Crippen LogP contribution in [0.3, 0.4) is 0 Å². The summed E-state index contributed by atoms with van der Waals surface area (Å²) in [6.45, 7) is 0.441. The molecule has 5 heteroatoms. The summed E-state index contributed by atoms with van der Waals surface area (Å²) in [5, 5.41) is 5.10. The van der Waals surface area contributed by atoms with Crippen LogP contribution in [0.15, 0.2) is 71.7 Å². The molecule has 2 atom stereocenters. The average molecular weight is 416 g/mol.